The van der Waals surface area contributed by atoms with E-state index in [0.717, 1.165) is 34.9 Å². The van der Waals surface area contributed by atoms with Gasteiger partial charge in [-0.1, -0.05) is 20.8 Å². The molecule has 0 aliphatic rings. The Morgan fingerprint density at radius 3 is 2.53 bits per heavy atom. The number of carbonyl (C=O) groups is 1. The summed E-state index contributed by atoms with van der Waals surface area (Å²) < 4.78 is 11.3. The number of amides is 1. The summed E-state index contributed by atoms with van der Waals surface area (Å²) in [5.41, 5.74) is 3.31. The van der Waals surface area contributed by atoms with E-state index in [1.165, 1.54) is 0 Å². The van der Waals surface area contributed by atoms with Gasteiger partial charge in [-0.3, -0.25) is 4.79 Å². The van der Waals surface area contributed by atoms with Crippen LogP contribution >= 0.6 is 0 Å². The van der Waals surface area contributed by atoms with Crippen LogP contribution in [-0.4, -0.2) is 38.0 Å². The van der Waals surface area contributed by atoms with Crippen molar-refractivity contribution in [1.29, 1.82) is 0 Å². The fourth-order valence-electron chi connectivity index (χ4n) is 3.73. The lowest BCUT2D eigenvalue weighted by molar-refractivity contribution is -0.121. The van der Waals surface area contributed by atoms with Gasteiger partial charge in [-0.05, 0) is 57.5 Å². The third kappa shape index (κ3) is 4.75. The van der Waals surface area contributed by atoms with Crippen LogP contribution in [0.3, 0.4) is 0 Å². The highest BCUT2D eigenvalue weighted by atomic mass is 16.4. The molecule has 3 rings (SSSR count). The molecular weight excluding hydrogens is 380 g/mol. The van der Waals surface area contributed by atoms with Gasteiger partial charge in [0.2, 0.25) is 5.91 Å². The number of carbonyl (C=O) groups excluding carboxylic acids is 1. The van der Waals surface area contributed by atoms with E-state index >= 15 is 0 Å². The summed E-state index contributed by atoms with van der Waals surface area (Å²) in [6.07, 6.45) is 3.30. The van der Waals surface area contributed by atoms with E-state index in [0.29, 0.717) is 29.7 Å². The molecule has 1 aromatic carbocycles. The number of fused-ring (bicyclic) bond motifs is 2. The molecule has 0 saturated heterocycles. The molecule has 162 valence electrons. The Morgan fingerprint density at radius 1 is 1.13 bits per heavy atom. The zero-order valence-corrected chi connectivity index (χ0v) is 18.8. The molecule has 6 nitrogen and oxygen atoms in total. The molecule has 0 saturated carbocycles. The number of nitrogens with one attached hydrogen (secondary N) is 1. The first kappa shape index (κ1) is 22.1. The smallest absolute Gasteiger partial charge is 0.339 e. The van der Waals surface area contributed by atoms with Gasteiger partial charge in [0, 0.05) is 40.9 Å². The summed E-state index contributed by atoms with van der Waals surface area (Å²) in [4.78, 5) is 26.8. The summed E-state index contributed by atoms with van der Waals surface area (Å²) in [5, 5.41) is 4.83. The highest BCUT2D eigenvalue weighted by molar-refractivity contribution is 5.96. The van der Waals surface area contributed by atoms with Crippen molar-refractivity contribution in [3.8, 4) is 0 Å². The minimum Gasteiger partial charge on any atom is -0.464 e. The van der Waals surface area contributed by atoms with E-state index in [1.54, 1.807) is 12.3 Å². The summed E-state index contributed by atoms with van der Waals surface area (Å²) in [6, 6.07) is 3.83. The van der Waals surface area contributed by atoms with Crippen LogP contribution in [0.5, 0.6) is 0 Å². The molecule has 1 amide bonds. The molecule has 0 bridgehead atoms. The Hall–Kier alpha value is -2.60. The summed E-state index contributed by atoms with van der Waals surface area (Å²) in [5.74, 6) is -0.0482. The molecule has 0 radical (unpaired) electrons. The zero-order valence-electron chi connectivity index (χ0n) is 18.8. The van der Waals surface area contributed by atoms with Crippen LogP contribution in [0.15, 0.2) is 32.0 Å². The third-order valence-electron chi connectivity index (χ3n) is 5.50. The van der Waals surface area contributed by atoms with Gasteiger partial charge in [0.15, 0.2) is 0 Å². The minimum atomic E-state index is -0.387. The van der Waals surface area contributed by atoms with Crippen molar-refractivity contribution >= 4 is 27.8 Å². The maximum Gasteiger partial charge on any atom is 0.339 e. The van der Waals surface area contributed by atoms with Gasteiger partial charge in [-0.2, -0.15) is 0 Å². The molecule has 30 heavy (non-hydrogen) atoms. The predicted molar refractivity (Wildman–Crippen MR) is 120 cm³/mol. The average Bonchev–Trinajstić information content (AvgIpc) is 3.06. The van der Waals surface area contributed by atoms with Crippen LogP contribution in [0.25, 0.3) is 21.9 Å². The van der Waals surface area contributed by atoms with Gasteiger partial charge in [0.25, 0.3) is 0 Å². The molecule has 0 atom stereocenters. The number of hydrogen-bond donors (Lipinski definition) is 1. The number of aryl methyl sites for hydroxylation is 1. The Labute approximate surface area is 177 Å². The maximum atomic E-state index is 12.6. The minimum absolute atomic E-state index is 0.0482. The van der Waals surface area contributed by atoms with Crippen LogP contribution in [0.4, 0.5) is 0 Å². The van der Waals surface area contributed by atoms with E-state index < -0.39 is 0 Å². The van der Waals surface area contributed by atoms with Crippen molar-refractivity contribution in [2.24, 2.45) is 0 Å². The Bertz CT molecular complexity index is 1120. The lowest BCUT2D eigenvalue weighted by Crippen LogP contribution is -2.27. The van der Waals surface area contributed by atoms with Gasteiger partial charge in [-0.15, -0.1) is 0 Å². The molecule has 0 aliphatic heterocycles. The highest BCUT2D eigenvalue weighted by Gasteiger charge is 2.21. The molecule has 0 aliphatic carbocycles. The second-order valence-corrected chi connectivity index (χ2v) is 9.24. The summed E-state index contributed by atoms with van der Waals surface area (Å²) in [6.45, 7) is 9.90. The van der Waals surface area contributed by atoms with Crippen molar-refractivity contribution in [1.82, 2.24) is 10.2 Å². The van der Waals surface area contributed by atoms with E-state index in [9.17, 15) is 9.59 Å². The topological polar surface area (TPSA) is 75.7 Å². The zero-order chi connectivity index (χ0) is 22.1. The first-order valence-electron chi connectivity index (χ1n) is 10.5. The first-order valence-corrected chi connectivity index (χ1v) is 10.5. The average molecular weight is 413 g/mol. The van der Waals surface area contributed by atoms with Crippen molar-refractivity contribution in [2.75, 3.05) is 27.2 Å². The number of benzene rings is 1. The van der Waals surface area contributed by atoms with Crippen LogP contribution in [0, 0.1) is 6.92 Å². The number of nitrogens with zero attached hydrogens (tertiary/aromatic N) is 1. The molecule has 0 spiro atoms. The molecule has 6 heteroatoms. The number of hydrogen-bond acceptors (Lipinski definition) is 5. The SMILES string of the molecule is Cc1c(CCC(=O)NCCCN(C)C)c(=O)oc2cc3occ(C(C)(C)C)c3cc12. The Morgan fingerprint density at radius 2 is 1.87 bits per heavy atom. The molecular formula is C24H32N2O4. The fraction of sp³-hybridized carbons (Fsp3) is 0.500. The fourth-order valence-corrected chi connectivity index (χ4v) is 3.73. The van der Waals surface area contributed by atoms with Crippen molar-refractivity contribution in [2.45, 2.75) is 52.4 Å². The van der Waals surface area contributed by atoms with Crippen LogP contribution in [0.1, 0.15) is 50.3 Å². The highest BCUT2D eigenvalue weighted by Crippen LogP contribution is 2.35. The Balaban J connectivity index is 1.84. The van der Waals surface area contributed by atoms with E-state index in [4.69, 9.17) is 8.83 Å². The third-order valence-corrected chi connectivity index (χ3v) is 5.50. The van der Waals surface area contributed by atoms with Crippen molar-refractivity contribution in [3.63, 3.8) is 0 Å². The lowest BCUT2D eigenvalue weighted by Gasteiger charge is -2.16. The molecule has 0 fully saturated rings. The predicted octanol–water partition coefficient (Wildman–Crippen LogP) is 4.15. The number of furan rings is 1. The van der Waals surface area contributed by atoms with E-state index in [-0.39, 0.29) is 23.4 Å². The van der Waals surface area contributed by atoms with Gasteiger partial charge in [0.05, 0.1) is 6.26 Å². The van der Waals surface area contributed by atoms with Gasteiger partial charge >= 0.3 is 5.63 Å². The summed E-state index contributed by atoms with van der Waals surface area (Å²) in [7, 11) is 4.01. The number of rotatable bonds is 7. The Kier molecular flexibility index (Phi) is 6.36. The van der Waals surface area contributed by atoms with Gasteiger partial charge < -0.3 is 19.1 Å². The molecule has 2 heterocycles. The monoisotopic (exact) mass is 412 g/mol. The second-order valence-electron chi connectivity index (χ2n) is 9.24. The van der Waals surface area contributed by atoms with Gasteiger partial charge in [-0.25, -0.2) is 4.79 Å². The molecule has 3 aromatic rings. The van der Waals surface area contributed by atoms with Crippen LogP contribution in [-0.2, 0) is 16.6 Å². The molecule has 0 unspecified atom stereocenters. The maximum absolute atomic E-state index is 12.6. The molecule has 2 aromatic heterocycles. The quantitative estimate of drug-likeness (QED) is 0.466. The second kappa shape index (κ2) is 8.64. The van der Waals surface area contributed by atoms with Gasteiger partial charge in [0.1, 0.15) is 11.2 Å². The first-order chi connectivity index (χ1) is 14.1. The standard InChI is InChI=1S/C24H32N2O4/c1-15-16(8-9-22(27)25-10-7-11-26(5)6)23(28)30-21-13-20-18(12-17(15)21)19(14-29-20)24(2,3)4/h12-14H,7-11H2,1-6H3,(H,25,27). The van der Waals surface area contributed by atoms with Crippen molar-refractivity contribution < 1.29 is 13.6 Å². The lowest BCUT2D eigenvalue weighted by atomic mass is 9.86. The normalized spacial score (nSPS) is 12.2. The van der Waals surface area contributed by atoms with E-state index in [1.807, 2.05) is 27.1 Å². The van der Waals surface area contributed by atoms with E-state index in [2.05, 4.69) is 31.0 Å². The molecule has 1 N–H and O–H groups in total. The van der Waals surface area contributed by atoms with Crippen molar-refractivity contribution in [3.05, 3.63) is 45.5 Å². The van der Waals surface area contributed by atoms with Crippen LogP contribution < -0.4 is 10.9 Å². The largest absolute Gasteiger partial charge is 0.464 e. The summed E-state index contributed by atoms with van der Waals surface area (Å²) >= 11 is 0. The van der Waals surface area contributed by atoms with Crippen LogP contribution in [0.2, 0.25) is 0 Å².